The summed E-state index contributed by atoms with van der Waals surface area (Å²) in [5, 5.41) is 12.5. The summed E-state index contributed by atoms with van der Waals surface area (Å²) in [6, 6.07) is 11.3. The minimum atomic E-state index is -0.299. The van der Waals surface area contributed by atoms with Gasteiger partial charge in [-0.25, -0.2) is 9.97 Å². The molecule has 2 aromatic heterocycles. The van der Waals surface area contributed by atoms with Crippen molar-refractivity contribution in [3.63, 3.8) is 0 Å². The van der Waals surface area contributed by atoms with Crippen LogP contribution in [0.2, 0.25) is 0 Å². The Labute approximate surface area is 168 Å². The molecule has 1 aliphatic heterocycles. The predicted molar refractivity (Wildman–Crippen MR) is 108 cm³/mol. The van der Waals surface area contributed by atoms with Gasteiger partial charge in [-0.3, -0.25) is 9.78 Å². The first kappa shape index (κ1) is 18.8. The molecule has 0 aliphatic carbocycles. The molecule has 1 saturated heterocycles. The third-order valence-corrected chi connectivity index (χ3v) is 4.69. The number of rotatable bonds is 5. The number of carbonyl (C=O) groups excluding carboxylic acids is 1. The van der Waals surface area contributed by atoms with E-state index in [-0.39, 0.29) is 18.0 Å². The van der Waals surface area contributed by atoms with E-state index in [1.54, 1.807) is 24.5 Å². The van der Waals surface area contributed by atoms with Crippen molar-refractivity contribution in [2.75, 3.05) is 23.3 Å². The van der Waals surface area contributed by atoms with Gasteiger partial charge in [0.1, 0.15) is 5.75 Å². The third-order valence-electron chi connectivity index (χ3n) is 4.69. The Kier molecular flexibility index (Phi) is 5.62. The normalized spacial score (nSPS) is 14.4. The lowest BCUT2D eigenvalue weighted by atomic mass is 10.1. The number of anilines is 2. The molecule has 29 heavy (non-hydrogen) atoms. The molecule has 8 heteroatoms. The molecule has 0 radical (unpaired) electrons. The van der Waals surface area contributed by atoms with Crippen molar-refractivity contribution in [2.45, 2.75) is 18.9 Å². The highest BCUT2D eigenvalue weighted by Crippen LogP contribution is 2.22. The summed E-state index contributed by atoms with van der Waals surface area (Å²) < 4.78 is 5.47. The highest BCUT2D eigenvalue weighted by Gasteiger charge is 2.17. The van der Waals surface area contributed by atoms with Crippen molar-refractivity contribution in [3.8, 4) is 11.8 Å². The summed E-state index contributed by atoms with van der Waals surface area (Å²) >= 11 is 0. The minimum Gasteiger partial charge on any atom is -0.423 e. The average molecular weight is 391 g/mol. The van der Waals surface area contributed by atoms with Gasteiger partial charge in [0.2, 0.25) is 0 Å². The predicted octanol–water partition coefficient (Wildman–Crippen LogP) is 2.88. The fraction of sp³-hybridized carbons (Fsp3) is 0.238. The van der Waals surface area contributed by atoms with Crippen molar-refractivity contribution in [3.05, 3.63) is 66.7 Å². The Hall–Kier alpha value is -3.52. The summed E-state index contributed by atoms with van der Waals surface area (Å²) in [5.41, 5.74) is 2.10. The van der Waals surface area contributed by atoms with Gasteiger partial charge in [-0.2, -0.15) is 0 Å². The monoisotopic (exact) mass is 391 g/mol. The lowest BCUT2D eigenvalue weighted by Crippen LogP contribution is -2.35. The van der Waals surface area contributed by atoms with Gasteiger partial charge in [0.25, 0.3) is 5.91 Å². The first-order valence-electron chi connectivity index (χ1n) is 9.42. The summed E-state index contributed by atoms with van der Waals surface area (Å²) in [4.78, 5) is 26.7. The number of pyridine rings is 1. The Morgan fingerprint density at radius 1 is 1.07 bits per heavy atom. The van der Waals surface area contributed by atoms with Crippen LogP contribution in [0.15, 0.2) is 61.2 Å². The van der Waals surface area contributed by atoms with Gasteiger partial charge >= 0.3 is 6.01 Å². The van der Waals surface area contributed by atoms with Gasteiger partial charge in [0, 0.05) is 43.1 Å². The van der Waals surface area contributed by atoms with E-state index in [2.05, 4.69) is 25.2 Å². The zero-order valence-corrected chi connectivity index (χ0v) is 15.7. The average Bonchev–Trinajstić information content (AvgIpc) is 2.76. The molecular formula is C21H21N5O3. The SMILES string of the molecule is O=C(Nc1ccc(N2CCC(O)CC2)cc1)c1cnc(Oc2cccnc2)nc1. The Balaban J connectivity index is 1.35. The summed E-state index contributed by atoms with van der Waals surface area (Å²) in [5.74, 6) is 0.222. The van der Waals surface area contributed by atoms with Crippen LogP contribution in [-0.4, -0.2) is 45.2 Å². The van der Waals surface area contributed by atoms with Gasteiger partial charge in [-0.1, -0.05) is 0 Å². The minimum absolute atomic E-state index is 0.144. The fourth-order valence-corrected chi connectivity index (χ4v) is 3.08. The second-order valence-electron chi connectivity index (χ2n) is 6.76. The number of hydrogen-bond acceptors (Lipinski definition) is 7. The lowest BCUT2D eigenvalue weighted by Gasteiger charge is -2.31. The molecule has 1 aromatic carbocycles. The van der Waals surface area contributed by atoms with Crippen LogP contribution >= 0.6 is 0 Å². The molecule has 1 aliphatic rings. The number of aliphatic hydroxyl groups excluding tert-OH is 1. The number of ether oxygens (including phenoxy) is 1. The Bertz CT molecular complexity index is 940. The van der Waals surface area contributed by atoms with E-state index in [1.165, 1.54) is 12.4 Å². The molecule has 0 saturated carbocycles. The zero-order valence-electron chi connectivity index (χ0n) is 15.7. The molecule has 1 fully saturated rings. The maximum absolute atomic E-state index is 12.4. The molecule has 3 heterocycles. The number of nitrogens with zero attached hydrogens (tertiary/aromatic N) is 4. The number of aromatic nitrogens is 3. The van der Waals surface area contributed by atoms with Crippen molar-refractivity contribution in [1.29, 1.82) is 0 Å². The maximum Gasteiger partial charge on any atom is 0.321 e. The Morgan fingerprint density at radius 2 is 1.79 bits per heavy atom. The zero-order chi connectivity index (χ0) is 20.1. The number of benzene rings is 1. The van der Waals surface area contributed by atoms with Gasteiger partial charge in [-0.15, -0.1) is 0 Å². The van der Waals surface area contributed by atoms with Gasteiger partial charge < -0.3 is 20.1 Å². The molecule has 0 spiro atoms. The molecule has 2 N–H and O–H groups in total. The van der Waals surface area contributed by atoms with Crippen LogP contribution in [0.3, 0.4) is 0 Å². The van der Waals surface area contributed by atoms with Crippen LogP contribution < -0.4 is 15.0 Å². The topological polar surface area (TPSA) is 100 Å². The molecular weight excluding hydrogens is 370 g/mol. The van der Waals surface area contributed by atoms with E-state index in [4.69, 9.17) is 4.74 Å². The first-order chi connectivity index (χ1) is 14.2. The largest absolute Gasteiger partial charge is 0.423 e. The molecule has 0 bridgehead atoms. The van der Waals surface area contributed by atoms with E-state index in [0.29, 0.717) is 17.0 Å². The number of amides is 1. The quantitative estimate of drug-likeness (QED) is 0.690. The lowest BCUT2D eigenvalue weighted by molar-refractivity contribution is 0.102. The van der Waals surface area contributed by atoms with Crippen LogP contribution in [0.1, 0.15) is 23.2 Å². The summed E-state index contributed by atoms with van der Waals surface area (Å²) in [7, 11) is 0. The molecule has 148 valence electrons. The number of hydrogen-bond donors (Lipinski definition) is 2. The van der Waals surface area contributed by atoms with E-state index in [1.807, 2.05) is 24.3 Å². The van der Waals surface area contributed by atoms with Gasteiger partial charge in [-0.05, 0) is 49.2 Å². The highest BCUT2D eigenvalue weighted by molar-refractivity contribution is 6.03. The van der Waals surface area contributed by atoms with E-state index >= 15 is 0 Å². The molecule has 8 nitrogen and oxygen atoms in total. The highest BCUT2D eigenvalue weighted by atomic mass is 16.5. The summed E-state index contributed by atoms with van der Waals surface area (Å²) in [6.45, 7) is 1.66. The molecule has 1 amide bonds. The van der Waals surface area contributed by atoms with E-state index in [0.717, 1.165) is 31.6 Å². The van der Waals surface area contributed by atoms with E-state index in [9.17, 15) is 9.90 Å². The van der Waals surface area contributed by atoms with Crippen LogP contribution in [0.4, 0.5) is 11.4 Å². The number of nitrogens with one attached hydrogen (secondary N) is 1. The summed E-state index contributed by atoms with van der Waals surface area (Å²) in [6.07, 6.45) is 7.39. The van der Waals surface area contributed by atoms with E-state index < -0.39 is 0 Å². The first-order valence-corrected chi connectivity index (χ1v) is 9.42. The van der Waals surface area contributed by atoms with Crippen LogP contribution in [-0.2, 0) is 0 Å². The maximum atomic E-state index is 12.4. The van der Waals surface area contributed by atoms with Crippen molar-refractivity contribution >= 4 is 17.3 Å². The second kappa shape index (κ2) is 8.66. The third kappa shape index (κ3) is 4.85. The standard InChI is InChI=1S/C21H21N5O3/c27-18-7-10-26(11-8-18)17-5-3-16(4-6-17)25-20(28)15-12-23-21(24-13-15)29-19-2-1-9-22-14-19/h1-6,9,12-14,18,27H,7-8,10-11H2,(H,25,28). The van der Waals surface area contributed by atoms with Crippen LogP contribution in [0, 0.1) is 0 Å². The molecule has 0 atom stereocenters. The second-order valence-corrected chi connectivity index (χ2v) is 6.76. The number of piperidine rings is 1. The smallest absolute Gasteiger partial charge is 0.321 e. The Morgan fingerprint density at radius 3 is 2.45 bits per heavy atom. The van der Waals surface area contributed by atoms with Gasteiger partial charge in [0.05, 0.1) is 17.9 Å². The fourth-order valence-electron chi connectivity index (χ4n) is 3.08. The van der Waals surface area contributed by atoms with Crippen molar-refractivity contribution in [2.24, 2.45) is 0 Å². The van der Waals surface area contributed by atoms with Crippen molar-refractivity contribution < 1.29 is 14.6 Å². The number of carbonyl (C=O) groups is 1. The van der Waals surface area contributed by atoms with Crippen molar-refractivity contribution in [1.82, 2.24) is 15.0 Å². The van der Waals surface area contributed by atoms with Crippen LogP contribution in [0.25, 0.3) is 0 Å². The van der Waals surface area contributed by atoms with Crippen LogP contribution in [0.5, 0.6) is 11.8 Å². The number of aliphatic hydroxyl groups is 1. The molecule has 0 unspecified atom stereocenters. The molecule has 4 rings (SSSR count). The molecule has 3 aromatic rings. The van der Waals surface area contributed by atoms with Gasteiger partial charge in [0.15, 0.2) is 0 Å².